The zero-order valence-electron chi connectivity index (χ0n) is 15.3. The Balaban J connectivity index is 1.95. The molecule has 1 aromatic heterocycles. The maximum absolute atomic E-state index is 12.1. The molecule has 0 saturated carbocycles. The molecular weight excluding hydrogens is 332 g/mol. The summed E-state index contributed by atoms with van der Waals surface area (Å²) in [5, 5.41) is 18.2. The lowest BCUT2D eigenvalue weighted by Crippen LogP contribution is -2.32. The molecule has 2 aromatic carbocycles. The van der Waals surface area contributed by atoms with E-state index in [0.29, 0.717) is 17.5 Å². The van der Waals surface area contributed by atoms with Gasteiger partial charge in [0.2, 0.25) is 0 Å². The Morgan fingerprint density at radius 1 is 1.23 bits per heavy atom. The molecule has 0 bridgehead atoms. The first kappa shape index (κ1) is 17.7. The fourth-order valence-electron chi connectivity index (χ4n) is 2.71. The summed E-state index contributed by atoms with van der Waals surface area (Å²) in [6.45, 7) is 7.34. The van der Waals surface area contributed by atoms with Crippen LogP contribution in [-0.4, -0.2) is 31.9 Å². The van der Waals surface area contributed by atoms with Crippen molar-refractivity contribution in [2.75, 3.05) is 5.43 Å². The number of amides is 1. The Hall–Kier alpha value is -3.09. The van der Waals surface area contributed by atoms with Gasteiger partial charge in [-0.3, -0.25) is 0 Å². The Morgan fingerprint density at radius 2 is 2.00 bits per heavy atom. The van der Waals surface area contributed by atoms with Gasteiger partial charge in [-0.25, -0.2) is 10.2 Å². The second-order valence-electron chi connectivity index (χ2n) is 7.21. The van der Waals surface area contributed by atoms with Crippen LogP contribution >= 0.6 is 0 Å². The van der Waals surface area contributed by atoms with Crippen molar-refractivity contribution in [1.82, 2.24) is 15.1 Å². The molecule has 0 fully saturated rings. The van der Waals surface area contributed by atoms with Gasteiger partial charge in [0.25, 0.3) is 0 Å². The summed E-state index contributed by atoms with van der Waals surface area (Å²) >= 11 is 0. The summed E-state index contributed by atoms with van der Waals surface area (Å²) in [4.78, 5) is 13.4. The van der Waals surface area contributed by atoms with Crippen LogP contribution in [0.4, 0.5) is 4.79 Å². The highest BCUT2D eigenvalue weighted by atomic mass is 16.6. The zero-order chi connectivity index (χ0) is 18.9. The number of phenolic OH excluding ortho intramolecular Hbond substituents is 1. The van der Waals surface area contributed by atoms with Crippen LogP contribution in [0.2, 0.25) is 0 Å². The number of carbonyl (C=O) groups excluding carboxylic acids is 1. The molecule has 0 spiro atoms. The number of aryl methyl sites for hydroxylation is 1. The molecule has 136 valence electrons. The zero-order valence-corrected chi connectivity index (χ0v) is 15.3. The molecule has 26 heavy (non-hydrogen) atoms. The van der Waals surface area contributed by atoms with Gasteiger partial charge >= 0.3 is 6.09 Å². The minimum absolute atomic E-state index is 0.228. The molecule has 0 radical (unpaired) electrons. The molecular formula is C19H22N4O3. The number of nitrogens with zero attached hydrogens (tertiary/aromatic N) is 3. The van der Waals surface area contributed by atoms with E-state index in [4.69, 9.17) is 4.74 Å². The number of aromatic nitrogens is 3. The molecule has 0 aliphatic rings. The van der Waals surface area contributed by atoms with E-state index < -0.39 is 11.7 Å². The molecule has 0 atom stereocenters. The van der Waals surface area contributed by atoms with Crippen molar-refractivity contribution in [1.29, 1.82) is 0 Å². The number of carbonyl (C=O) groups is 1. The number of fused-ring (bicyclic) bond motifs is 1. The van der Waals surface area contributed by atoms with Gasteiger partial charge in [0.15, 0.2) is 0 Å². The van der Waals surface area contributed by atoms with Gasteiger partial charge in [-0.1, -0.05) is 29.8 Å². The van der Waals surface area contributed by atoms with Crippen molar-refractivity contribution in [3.63, 3.8) is 0 Å². The number of benzene rings is 2. The monoisotopic (exact) mass is 354 g/mol. The first-order valence-electron chi connectivity index (χ1n) is 8.35. The Morgan fingerprint density at radius 3 is 2.73 bits per heavy atom. The van der Waals surface area contributed by atoms with E-state index in [1.165, 1.54) is 4.79 Å². The number of ether oxygens (including phenoxy) is 1. The van der Waals surface area contributed by atoms with Crippen LogP contribution < -0.4 is 5.43 Å². The van der Waals surface area contributed by atoms with Gasteiger partial charge in [-0.05, 0) is 56.2 Å². The average Bonchev–Trinajstić information content (AvgIpc) is 2.93. The lowest BCUT2D eigenvalue weighted by molar-refractivity contribution is 0.0610. The molecule has 1 heterocycles. The number of rotatable bonds is 3. The third-order valence-corrected chi connectivity index (χ3v) is 3.76. The predicted molar refractivity (Wildman–Crippen MR) is 98.8 cm³/mol. The van der Waals surface area contributed by atoms with Crippen LogP contribution in [0.15, 0.2) is 36.4 Å². The normalized spacial score (nSPS) is 11.5. The van der Waals surface area contributed by atoms with E-state index in [9.17, 15) is 9.90 Å². The molecule has 1 amide bonds. The first-order chi connectivity index (χ1) is 12.2. The third-order valence-electron chi connectivity index (χ3n) is 3.76. The Kier molecular flexibility index (Phi) is 4.54. The fraction of sp³-hybridized carbons (Fsp3) is 0.316. The summed E-state index contributed by atoms with van der Waals surface area (Å²) in [6, 6.07) is 11.1. The van der Waals surface area contributed by atoms with Gasteiger partial charge < -0.3 is 9.84 Å². The van der Waals surface area contributed by atoms with Crippen molar-refractivity contribution in [2.24, 2.45) is 0 Å². The topological polar surface area (TPSA) is 89.3 Å². The van der Waals surface area contributed by atoms with Crippen LogP contribution in [-0.2, 0) is 11.2 Å². The van der Waals surface area contributed by atoms with Crippen LogP contribution in [0.25, 0.3) is 11.0 Å². The fourth-order valence-corrected chi connectivity index (χ4v) is 2.71. The summed E-state index contributed by atoms with van der Waals surface area (Å²) < 4.78 is 5.27. The van der Waals surface area contributed by atoms with E-state index in [-0.39, 0.29) is 5.75 Å². The van der Waals surface area contributed by atoms with E-state index >= 15 is 0 Å². The highest BCUT2D eigenvalue weighted by molar-refractivity contribution is 5.83. The third kappa shape index (κ3) is 3.93. The van der Waals surface area contributed by atoms with Crippen LogP contribution in [0.5, 0.6) is 5.75 Å². The lowest BCUT2D eigenvalue weighted by Gasteiger charge is -2.19. The number of hydrogen-bond donors (Lipinski definition) is 2. The summed E-state index contributed by atoms with van der Waals surface area (Å²) in [5.74, 6) is 0.228. The van der Waals surface area contributed by atoms with Crippen LogP contribution in [0.3, 0.4) is 0 Å². The van der Waals surface area contributed by atoms with E-state index in [1.54, 1.807) is 26.8 Å². The first-order valence-corrected chi connectivity index (χ1v) is 8.35. The van der Waals surface area contributed by atoms with Gasteiger partial charge in [0.1, 0.15) is 22.4 Å². The molecule has 7 heteroatoms. The van der Waals surface area contributed by atoms with Gasteiger partial charge in [-0.15, -0.1) is 9.89 Å². The van der Waals surface area contributed by atoms with Crippen molar-refractivity contribution >= 4 is 17.1 Å². The van der Waals surface area contributed by atoms with E-state index in [1.807, 2.05) is 37.3 Å². The largest absolute Gasteiger partial charge is 0.508 e. The van der Waals surface area contributed by atoms with E-state index in [0.717, 1.165) is 16.7 Å². The SMILES string of the molecule is Cc1ccc(O)c(Cc2cccc3nnn(NC(=O)OC(C)(C)C)c23)c1. The summed E-state index contributed by atoms with van der Waals surface area (Å²) in [7, 11) is 0. The molecule has 3 aromatic rings. The van der Waals surface area contributed by atoms with Gasteiger partial charge in [0, 0.05) is 6.42 Å². The smallest absolute Gasteiger partial charge is 0.428 e. The molecule has 0 aliphatic heterocycles. The average molecular weight is 354 g/mol. The van der Waals surface area contributed by atoms with Gasteiger partial charge in [0.05, 0.1) is 0 Å². The highest BCUT2D eigenvalue weighted by Gasteiger charge is 2.19. The van der Waals surface area contributed by atoms with Crippen LogP contribution in [0, 0.1) is 6.92 Å². The number of hydrogen-bond acceptors (Lipinski definition) is 5. The second-order valence-corrected chi connectivity index (χ2v) is 7.21. The molecule has 2 N–H and O–H groups in total. The standard InChI is InChI=1S/C19H22N4O3/c1-12-8-9-16(24)14(10-12)11-13-6-5-7-15-17(13)23(22-20-15)21-18(25)26-19(2,3)4/h5-10,24H,11H2,1-4H3,(H,21,25). The molecule has 7 nitrogen and oxygen atoms in total. The summed E-state index contributed by atoms with van der Waals surface area (Å²) in [5.41, 5.74) is 6.02. The minimum atomic E-state index is -0.614. The van der Waals surface area contributed by atoms with Crippen molar-refractivity contribution in [3.05, 3.63) is 53.1 Å². The number of para-hydroxylation sites is 1. The summed E-state index contributed by atoms with van der Waals surface area (Å²) in [6.07, 6.45) is -0.133. The van der Waals surface area contributed by atoms with Gasteiger partial charge in [-0.2, -0.15) is 0 Å². The van der Waals surface area contributed by atoms with Crippen molar-refractivity contribution < 1.29 is 14.6 Å². The molecule has 3 rings (SSSR count). The Bertz CT molecular complexity index is 957. The van der Waals surface area contributed by atoms with E-state index in [2.05, 4.69) is 15.7 Å². The molecule has 0 saturated heterocycles. The Labute approximate surface area is 151 Å². The van der Waals surface area contributed by atoms with Crippen molar-refractivity contribution in [2.45, 2.75) is 39.7 Å². The predicted octanol–water partition coefficient (Wildman–Crippen LogP) is 3.51. The lowest BCUT2D eigenvalue weighted by atomic mass is 10.0. The quantitative estimate of drug-likeness (QED) is 0.751. The second kappa shape index (κ2) is 6.67. The highest BCUT2D eigenvalue weighted by Crippen LogP contribution is 2.25. The minimum Gasteiger partial charge on any atom is -0.508 e. The maximum atomic E-state index is 12.1. The number of nitrogens with one attached hydrogen (secondary N) is 1. The number of aromatic hydroxyl groups is 1. The molecule has 0 aliphatic carbocycles. The molecule has 0 unspecified atom stereocenters. The van der Waals surface area contributed by atoms with Crippen molar-refractivity contribution in [3.8, 4) is 5.75 Å². The number of phenols is 1. The van der Waals surface area contributed by atoms with Crippen LogP contribution in [0.1, 0.15) is 37.5 Å². The maximum Gasteiger partial charge on any atom is 0.428 e.